The lowest BCUT2D eigenvalue weighted by Crippen LogP contribution is -2.48. The standard InChI is InChI=1S/C23H32O4/c1-6-7-8-9-15-10-18(25-14(2)24)21-16-13-23(5)20(27-23)12-17(16)22(3,4)26-19(21)11-15/h10-11,16-17,20H,6-9,12-13H2,1-5H3/t16-,17-,20-,23+/m0/s1. The first-order valence-corrected chi connectivity index (χ1v) is 10.5. The Morgan fingerprint density at radius 3 is 2.74 bits per heavy atom. The van der Waals surface area contributed by atoms with Gasteiger partial charge in [0.25, 0.3) is 0 Å². The molecule has 148 valence electrons. The van der Waals surface area contributed by atoms with Gasteiger partial charge >= 0.3 is 5.97 Å². The molecule has 1 aliphatic carbocycles. The predicted molar refractivity (Wildman–Crippen MR) is 104 cm³/mol. The number of aryl methyl sites for hydroxylation is 1. The second-order valence-electron chi connectivity index (χ2n) is 9.33. The molecule has 4 nitrogen and oxygen atoms in total. The number of benzene rings is 1. The summed E-state index contributed by atoms with van der Waals surface area (Å²) in [4.78, 5) is 11.8. The Morgan fingerprint density at radius 2 is 2.04 bits per heavy atom. The minimum atomic E-state index is -0.271. The van der Waals surface area contributed by atoms with E-state index in [1.54, 1.807) is 0 Å². The fourth-order valence-electron chi connectivity index (χ4n) is 5.24. The smallest absolute Gasteiger partial charge is 0.308 e. The van der Waals surface area contributed by atoms with Crippen LogP contribution in [0.25, 0.3) is 0 Å². The maximum Gasteiger partial charge on any atom is 0.308 e. The van der Waals surface area contributed by atoms with Crippen molar-refractivity contribution in [1.82, 2.24) is 0 Å². The number of unbranched alkanes of at least 4 members (excludes halogenated alkanes) is 2. The number of rotatable bonds is 5. The SMILES string of the molecule is CCCCCc1cc(OC(C)=O)c2c(c1)OC(C)(C)[C@H]1C[C@@H]3O[C@]3(C)C[C@H]21. The molecule has 1 aromatic carbocycles. The summed E-state index contributed by atoms with van der Waals surface area (Å²) in [5, 5.41) is 0. The van der Waals surface area contributed by atoms with Crippen LogP contribution in [0.15, 0.2) is 12.1 Å². The summed E-state index contributed by atoms with van der Waals surface area (Å²) in [6, 6.07) is 4.24. The van der Waals surface area contributed by atoms with Crippen molar-refractivity contribution in [3.05, 3.63) is 23.3 Å². The first-order valence-electron chi connectivity index (χ1n) is 10.5. The summed E-state index contributed by atoms with van der Waals surface area (Å²) in [6.07, 6.45) is 6.82. The van der Waals surface area contributed by atoms with Crippen LogP contribution in [0.3, 0.4) is 0 Å². The van der Waals surface area contributed by atoms with E-state index >= 15 is 0 Å². The van der Waals surface area contributed by atoms with Gasteiger partial charge in [-0.3, -0.25) is 4.79 Å². The highest BCUT2D eigenvalue weighted by atomic mass is 16.6. The molecule has 2 aliphatic heterocycles. The third kappa shape index (κ3) is 3.37. The van der Waals surface area contributed by atoms with Gasteiger partial charge < -0.3 is 14.2 Å². The van der Waals surface area contributed by atoms with E-state index in [-0.39, 0.29) is 17.2 Å². The average Bonchev–Trinajstić information content (AvgIpc) is 3.22. The Bertz CT molecular complexity index is 753. The molecule has 0 spiro atoms. The number of carbonyl (C=O) groups is 1. The van der Waals surface area contributed by atoms with Crippen molar-refractivity contribution < 1.29 is 19.0 Å². The van der Waals surface area contributed by atoms with Crippen LogP contribution in [0.5, 0.6) is 11.5 Å². The average molecular weight is 373 g/mol. The number of hydrogen-bond donors (Lipinski definition) is 0. The molecule has 27 heavy (non-hydrogen) atoms. The Balaban J connectivity index is 1.75. The predicted octanol–water partition coefficient (Wildman–Crippen LogP) is 5.17. The molecule has 0 bridgehead atoms. The summed E-state index contributed by atoms with van der Waals surface area (Å²) in [5.41, 5.74) is 1.99. The van der Waals surface area contributed by atoms with E-state index in [2.05, 4.69) is 39.8 Å². The third-order valence-corrected chi connectivity index (χ3v) is 6.74. The Kier molecular flexibility index (Phi) is 4.53. The van der Waals surface area contributed by atoms with E-state index in [1.165, 1.54) is 25.3 Å². The van der Waals surface area contributed by atoms with Gasteiger partial charge in [0.2, 0.25) is 0 Å². The second-order valence-corrected chi connectivity index (χ2v) is 9.33. The van der Waals surface area contributed by atoms with Crippen LogP contribution in [0.1, 0.15) is 83.8 Å². The quantitative estimate of drug-likeness (QED) is 0.310. The molecule has 1 saturated carbocycles. The highest BCUT2D eigenvalue weighted by molar-refractivity contribution is 5.71. The molecular weight excluding hydrogens is 340 g/mol. The van der Waals surface area contributed by atoms with Crippen LogP contribution in [-0.2, 0) is 16.0 Å². The summed E-state index contributed by atoms with van der Waals surface area (Å²) in [5.74, 6) is 1.98. The Morgan fingerprint density at radius 1 is 1.26 bits per heavy atom. The molecule has 2 heterocycles. The first-order chi connectivity index (χ1) is 12.7. The zero-order valence-corrected chi connectivity index (χ0v) is 17.3. The van der Waals surface area contributed by atoms with E-state index in [9.17, 15) is 4.79 Å². The largest absolute Gasteiger partial charge is 0.487 e. The number of ether oxygens (including phenoxy) is 3. The molecule has 0 amide bonds. The van der Waals surface area contributed by atoms with E-state index in [4.69, 9.17) is 14.2 Å². The molecule has 4 rings (SSSR count). The van der Waals surface area contributed by atoms with Gasteiger partial charge in [-0.25, -0.2) is 0 Å². The van der Waals surface area contributed by atoms with Crippen molar-refractivity contribution in [3.8, 4) is 11.5 Å². The van der Waals surface area contributed by atoms with Gasteiger partial charge in [0.1, 0.15) is 17.1 Å². The lowest BCUT2D eigenvalue weighted by Gasteiger charge is -2.47. The molecule has 0 N–H and O–H groups in total. The van der Waals surface area contributed by atoms with Crippen LogP contribution < -0.4 is 9.47 Å². The van der Waals surface area contributed by atoms with Crippen molar-refractivity contribution in [2.75, 3.05) is 0 Å². The van der Waals surface area contributed by atoms with Gasteiger partial charge in [0.15, 0.2) is 0 Å². The normalized spacial score (nSPS) is 32.6. The van der Waals surface area contributed by atoms with Crippen molar-refractivity contribution >= 4 is 5.97 Å². The number of esters is 1. The van der Waals surface area contributed by atoms with Crippen molar-refractivity contribution in [1.29, 1.82) is 0 Å². The molecular formula is C23H32O4. The van der Waals surface area contributed by atoms with Crippen molar-refractivity contribution in [3.63, 3.8) is 0 Å². The lowest BCUT2D eigenvalue weighted by atomic mass is 9.64. The monoisotopic (exact) mass is 372 g/mol. The summed E-state index contributed by atoms with van der Waals surface area (Å²) in [7, 11) is 0. The molecule has 0 aromatic heterocycles. The Labute approximate surface area is 162 Å². The fourth-order valence-corrected chi connectivity index (χ4v) is 5.24. The molecule has 4 atom stereocenters. The molecule has 2 fully saturated rings. The van der Waals surface area contributed by atoms with E-state index in [1.807, 2.05) is 0 Å². The first kappa shape index (κ1) is 18.8. The number of fused-ring (bicyclic) bond motifs is 4. The van der Waals surface area contributed by atoms with Crippen molar-refractivity contribution in [2.24, 2.45) is 5.92 Å². The minimum absolute atomic E-state index is 0.0286. The van der Waals surface area contributed by atoms with Crippen LogP contribution in [-0.4, -0.2) is 23.3 Å². The van der Waals surface area contributed by atoms with E-state index in [0.29, 0.717) is 23.7 Å². The summed E-state index contributed by atoms with van der Waals surface area (Å²) < 4.78 is 18.2. The number of carbonyl (C=O) groups excluding carboxylic acids is 1. The van der Waals surface area contributed by atoms with Gasteiger partial charge in [-0.05, 0) is 64.2 Å². The zero-order valence-electron chi connectivity index (χ0n) is 17.3. The van der Waals surface area contributed by atoms with Crippen LogP contribution in [0.4, 0.5) is 0 Å². The molecule has 0 radical (unpaired) electrons. The highest BCUT2D eigenvalue weighted by Crippen LogP contribution is 2.62. The fraction of sp³-hybridized carbons (Fsp3) is 0.696. The minimum Gasteiger partial charge on any atom is -0.487 e. The topological polar surface area (TPSA) is 48.1 Å². The molecule has 0 unspecified atom stereocenters. The van der Waals surface area contributed by atoms with Crippen LogP contribution in [0.2, 0.25) is 0 Å². The van der Waals surface area contributed by atoms with Gasteiger partial charge in [0, 0.05) is 24.3 Å². The molecule has 1 aromatic rings. The lowest BCUT2D eigenvalue weighted by molar-refractivity contribution is -0.132. The van der Waals surface area contributed by atoms with Gasteiger partial charge in [-0.2, -0.15) is 0 Å². The molecule has 3 aliphatic rings. The van der Waals surface area contributed by atoms with Gasteiger partial charge in [0.05, 0.1) is 11.7 Å². The van der Waals surface area contributed by atoms with Crippen LogP contribution >= 0.6 is 0 Å². The zero-order chi connectivity index (χ0) is 19.4. The summed E-state index contributed by atoms with van der Waals surface area (Å²) in [6.45, 7) is 10.3. The van der Waals surface area contributed by atoms with E-state index < -0.39 is 0 Å². The molecule has 1 saturated heterocycles. The number of hydrogen-bond acceptors (Lipinski definition) is 4. The Hall–Kier alpha value is -1.55. The third-order valence-electron chi connectivity index (χ3n) is 6.74. The van der Waals surface area contributed by atoms with Gasteiger partial charge in [-0.15, -0.1) is 0 Å². The highest BCUT2D eigenvalue weighted by Gasteiger charge is 2.63. The van der Waals surface area contributed by atoms with Crippen LogP contribution in [0, 0.1) is 5.92 Å². The second kappa shape index (κ2) is 6.51. The molecule has 4 heteroatoms. The summed E-state index contributed by atoms with van der Waals surface area (Å²) >= 11 is 0. The maximum atomic E-state index is 11.8. The van der Waals surface area contributed by atoms with Crippen molar-refractivity contribution in [2.45, 2.75) is 96.4 Å². The van der Waals surface area contributed by atoms with Gasteiger partial charge in [-0.1, -0.05) is 19.8 Å². The maximum absolute atomic E-state index is 11.8. The number of epoxide rings is 1. The van der Waals surface area contributed by atoms with E-state index in [0.717, 1.165) is 37.0 Å².